The summed E-state index contributed by atoms with van der Waals surface area (Å²) in [6.45, 7) is 4.60. The topological polar surface area (TPSA) is 73.9 Å². The Kier molecular flexibility index (Phi) is 3.72. The summed E-state index contributed by atoms with van der Waals surface area (Å²) < 4.78 is 5.39. The summed E-state index contributed by atoms with van der Waals surface area (Å²) in [4.78, 5) is 12.3. The molecule has 2 aromatic rings. The lowest BCUT2D eigenvalue weighted by Crippen LogP contribution is -2.05. The van der Waals surface area contributed by atoms with Crippen LogP contribution in [-0.2, 0) is 0 Å². The van der Waals surface area contributed by atoms with Gasteiger partial charge in [-0.2, -0.15) is 15.0 Å². The van der Waals surface area contributed by atoms with E-state index in [1.807, 2.05) is 38.1 Å². The number of rotatable bonds is 4. The Bertz CT molecular complexity index is 542. The highest BCUT2D eigenvalue weighted by Gasteiger charge is 2.07. The van der Waals surface area contributed by atoms with Gasteiger partial charge < -0.3 is 10.5 Å². The first-order valence-corrected chi connectivity index (χ1v) is 5.90. The summed E-state index contributed by atoms with van der Waals surface area (Å²) in [5.74, 6) is 0.713. The molecule has 0 radical (unpaired) electrons. The average Bonchev–Trinajstić information content (AvgIpc) is 2.36. The predicted molar refractivity (Wildman–Crippen MR) is 70.2 cm³/mol. The Morgan fingerprint density at radius 1 is 1.22 bits per heavy atom. The van der Waals surface area contributed by atoms with Gasteiger partial charge in [0.05, 0.1) is 6.61 Å². The van der Waals surface area contributed by atoms with Crippen LogP contribution in [0.4, 0.5) is 5.95 Å². The van der Waals surface area contributed by atoms with Gasteiger partial charge in [-0.1, -0.05) is 30.7 Å². The molecule has 2 N–H and O–H groups in total. The van der Waals surface area contributed by atoms with Crippen LogP contribution >= 0.6 is 0 Å². The van der Waals surface area contributed by atoms with Crippen molar-refractivity contribution in [2.24, 2.45) is 0 Å². The fourth-order valence-electron chi connectivity index (χ4n) is 1.54. The Morgan fingerprint density at radius 2 is 2.06 bits per heavy atom. The second kappa shape index (κ2) is 5.44. The van der Waals surface area contributed by atoms with Crippen molar-refractivity contribution >= 4 is 5.95 Å². The molecule has 0 aliphatic heterocycles. The van der Waals surface area contributed by atoms with Crippen molar-refractivity contribution < 1.29 is 4.74 Å². The third kappa shape index (κ3) is 2.94. The van der Waals surface area contributed by atoms with Crippen LogP contribution in [0.3, 0.4) is 0 Å². The summed E-state index contributed by atoms with van der Waals surface area (Å²) in [6, 6.07) is 8.18. The summed E-state index contributed by atoms with van der Waals surface area (Å²) in [7, 11) is 0. The summed E-state index contributed by atoms with van der Waals surface area (Å²) in [5, 5.41) is 0. The molecule has 0 bridgehead atoms. The Labute approximate surface area is 106 Å². The van der Waals surface area contributed by atoms with Gasteiger partial charge in [0.25, 0.3) is 0 Å². The molecule has 0 unspecified atom stereocenters. The number of nitrogens with zero attached hydrogens (tertiary/aromatic N) is 3. The molecule has 0 atom stereocenters. The Hall–Kier alpha value is -2.17. The molecule has 1 aromatic heterocycles. The number of nitrogen functional groups attached to an aromatic ring is 1. The van der Waals surface area contributed by atoms with Gasteiger partial charge in [0.1, 0.15) is 0 Å². The third-order valence-corrected chi connectivity index (χ3v) is 2.34. The number of hydrogen-bond acceptors (Lipinski definition) is 5. The van der Waals surface area contributed by atoms with Crippen LogP contribution in [0, 0.1) is 6.92 Å². The number of anilines is 1. The molecule has 0 spiro atoms. The zero-order valence-electron chi connectivity index (χ0n) is 10.6. The molecule has 0 saturated carbocycles. The minimum atomic E-state index is 0.174. The van der Waals surface area contributed by atoms with Crippen LogP contribution in [-0.4, -0.2) is 21.6 Å². The Balaban J connectivity index is 2.35. The summed E-state index contributed by atoms with van der Waals surface area (Å²) in [6.07, 6.45) is 0.894. The summed E-state index contributed by atoms with van der Waals surface area (Å²) in [5.41, 5.74) is 7.71. The minimum absolute atomic E-state index is 0.174. The number of ether oxygens (including phenoxy) is 1. The first-order valence-electron chi connectivity index (χ1n) is 5.90. The molecule has 1 aromatic carbocycles. The van der Waals surface area contributed by atoms with E-state index in [-0.39, 0.29) is 12.0 Å². The smallest absolute Gasteiger partial charge is 0.321 e. The minimum Gasteiger partial charge on any atom is -0.463 e. The normalized spacial score (nSPS) is 10.3. The van der Waals surface area contributed by atoms with Crippen molar-refractivity contribution in [3.05, 3.63) is 29.8 Å². The van der Waals surface area contributed by atoms with Crippen LogP contribution in [0.25, 0.3) is 11.4 Å². The van der Waals surface area contributed by atoms with Crippen LogP contribution < -0.4 is 10.5 Å². The molecular formula is C13H16N4O. The van der Waals surface area contributed by atoms with Crippen LogP contribution in [0.15, 0.2) is 24.3 Å². The molecule has 2 rings (SSSR count). The third-order valence-electron chi connectivity index (χ3n) is 2.34. The van der Waals surface area contributed by atoms with E-state index in [2.05, 4.69) is 15.0 Å². The van der Waals surface area contributed by atoms with E-state index in [1.54, 1.807) is 0 Å². The molecule has 1 heterocycles. The molecular weight excluding hydrogens is 228 g/mol. The van der Waals surface area contributed by atoms with E-state index >= 15 is 0 Å². The molecule has 5 nitrogen and oxygen atoms in total. The molecule has 0 amide bonds. The highest BCUT2D eigenvalue weighted by molar-refractivity contribution is 5.57. The van der Waals surface area contributed by atoms with Crippen LogP contribution in [0.2, 0.25) is 0 Å². The lowest BCUT2D eigenvalue weighted by atomic mass is 10.1. The van der Waals surface area contributed by atoms with Gasteiger partial charge in [-0.05, 0) is 19.4 Å². The van der Waals surface area contributed by atoms with Crippen LogP contribution in [0.5, 0.6) is 6.01 Å². The molecule has 5 heteroatoms. The highest BCUT2D eigenvalue weighted by Crippen LogP contribution is 2.18. The zero-order valence-corrected chi connectivity index (χ0v) is 10.6. The van der Waals surface area contributed by atoms with Crippen molar-refractivity contribution in [1.82, 2.24) is 15.0 Å². The standard InChI is InChI=1S/C13H16N4O/c1-3-7-18-13-16-11(15-12(14)17-13)10-6-4-5-9(2)8-10/h4-6,8H,3,7H2,1-2H3,(H2,14,15,16,17). The second-order valence-corrected chi connectivity index (χ2v) is 4.02. The van der Waals surface area contributed by atoms with Gasteiger partial charge >= 0.3 is 6.01 Å². The molecule has 0 saturated heterocycles. The van der Waals surface area contributed by atoms with Crippen molar-refractivity contribution in [1.29, 1.82) is 0 Å². The van der Waals surface area contributed by atoms with Crippen LogP contribution in [0.1, 0.15) is 18.9 Å². The number of aromatic nitrogens is 3. The Morgan fingerprint density at radius 3 is 2.78 bits per heavy atom. The fourth-order valence-corrected chi connectivity index (χ4v) is 1.54. The second-order valence-electron chi connectivity index (χ2n) is 4.02. The molecule has 0 aliphatic rings. The number of benzene rings is 1. The van der Waals surface area contributed by atoms with Crippen molar-refractivity contribution in [2.45, 2.75) is 20.3 Å². The number of nitrogens with two attached hydrogens (primary N) is 1. The van der Waals surface area contributed by atoms with E-state index in [4.69, 9.17) is 10.5 Å². The maximum absolute atomic E-state index is 5.66. The monoisotopic (exact) mass is 244 g/mol. The zero-order chi connectivity index (χ0) is 13.0. The van der Waals surface area contributed by atoms with E-state index in [0.717, 1.165) is 17.5 Å². The quantitative estimate of drug-likeness (QED) is 0.892. The largest absolute Gasteiger partial charge is 0.463 e. The van der Waals surface area contributed by atoms with Gasteiger partial charge in [-0.25, -0.2) is 0 Å². The molecule has 0 fully saturated rings. The maximum Gasteiger partial charge on any atom is 0.321 e. The number of hydrogen-bond donors (Lipinski definition) is 1. The van der Waals surface area contributed by atoms with Crippen molar-refractivity contribution in [3.63, 3.8) is 0 Å². The highest BCUT2D eigenvalue weighted by atomic mass is 16.5. The average molecular weight is 244 g/mol. The SMILES string of the molecule is CCCOc1nc(N)nc(-c2cccc(C)c2)n1. The fraction of sp³-hybridized carbons (Fsp3) is 0.308. The van der Waals surface area contributed by atoms with Crippen molar-refractivity contribution in [2.75, 3.05) is 12.3 Å². The van der Waals surface area contributed by atoms with E-state index in [0.29, 0.717) is 12.4 Å². The lowest BCUT2D eigenvalue weighted by molar-refractivity contribution is 0.292. The first-order chi connectivity index (χ1) is 8.69. The first kappa shape index (κ1) is 12.3. The molecule has 0 aliphatic carbocycles. The lowest BCUT2D eigenvalue weighted by Gasteiger charge is -2.06. The molecule has 94 valence electrons. The van der Waals surface area contributed by atoms with Gasteiger partial charge in [-0.15, -0.1) is 0 Å². The predicted octanol–water partition coefficient (Wildman–Crippen LogP) is 2.22. The van der Waals surface area contributed by atoms with E-state index in [9.17, 15) is 0 Å². The molecule has 18 heavy (non-hydrogen) atoms. The van der Waals surface area contributed by atoms with E-state index in [1.165, 1.54) is 0 Å². The van der Waals surface area contributed by atoms with Crippen molar-refractivity contribution in [3.8, 4) is 17.4 Å². The van der Waals surface area contributed by atoms with E-state index < -0.39 is 0 Å². The van der Waals surface area contributed by atoms with Gasteiger partial charge in [0, 0.05) is 5.56 Å². The van der Waals surface area contributed by atoms with Gasteiger partial charge in [-0.3, -0.25) is 0 Å². The van der Waals surface area contributed by atoms with Gasteiger partial charge in [0.15, 0.2) is 5.82 Å². The maximum atomic E-state index is 5.66. The van der Waals surface area contributed by atoms with Gasteiger partial charge in [0.2, 0.25) is 5.95 Å². The summed E-state index contributed by atoms with van der Waals surface area (Å²) >= 11 is 0. The number of aryl methyl sites for hydroxylation is 1.